The average molecular weight is 347 g/mol. The Balaban J connectivity index is 1.56. The van der Waals surface area contributed by atoms with Gasteiger partial charge in [0.05, 0.1) is 18.8 Å². The number of amides is 1. The fraction of sp³-hybridized carbons (Fsp3) is 0.632. The van der Waals surface area contributed by atoms with Gasteiger partial charge in [-0.15, -0.1) is 0 Å². The molecular weight excluding hydrogens is 318 g/mol. The van der Waals surface area contributed by atoms with E-state index >= 15 is 0 Å². The largest absolute Gasteiger partial charge is 0.394 e. The van der Waals surface area contributed by atoms with E-state index in [-0.39, 0.29) is 18.6 Å². The molecule has 25 heavy (non-hydrogen) atoms. The number of aliphatic hydroxyl groups excluding tert-OH is 2. The molecule has 1 amide bonds. The number of nitrogens with one attached hydrogen (secondary N) is 3. The summed E-state index contributed by atoms with van der Waals surface area (Å²) in [7, 11) is 0. The number of rotatable bonds is 6. The summed E-state index contributed by atoms with van der Waals surface area (Å²) in [6.07, 6.45) is 5.30. The highest BCUT2D eigenvalue weighted by molar-refractivity contribution is 5.82. The Hall–Kier alpha value is -1.47. The number of fused-ring (bicyclic) bond motifs is 1. The Morgan fingerprint density at radius 3 is 2.68 bits per heavy atom. The Kier molecular flexibility index (Phi) is 6.42. The molecule has 0 radical (unpaired) electrons. The van der Waals surface area contributed by atoms with Crippen LogP contribution in [-0.2, 0) is 4.79 Å². The van der Waals surface area contributed by atoms with Crippen molar-refractivity contribution in [1.82, 2.24) is 16.2 Å². The number of hydrogen-bond acceptors (Lipinski definition) is 5. The Labute approximate surface area is 149 Å². The smallest absolute Gasteiger partial charge is 0.239 e. The van der Waals surface area contributed by atoms with E-state index in [0.29, 0.717) is 18.4 Å². The SMILES string of the molecule is O=C(NC(CO)CC(O)c1ccccc1)C1NNC2CCCCCC21. The Morgan fingerprint density at radius 2 is 1.92 bits per heavy atom. The van der Waals surface area contributed by atoms with Gasteiger partial charge in [0.1, 0.15) is 6.04 Å². The van der Waals surface area contributed by atoms with Gasteiger partial charge in [-0.1, -0.05) is 49.6 Å². The predicted octanol–water partition coefficient (Wildman–Crippen LogP) is 1.01. The molecular formula is C19H29N3O3. The minimum absolute atomic E-state index is 0.0961. The summed E-state index contributed by atoms with van der Waals surface area (Å²) in [6.45, 7) is -0.191. The number of aliphatic hydroxyl groups is 2. The van der Waals surface area contributed by atoms with Crippen LogP contribution in [-0.4, -0.2) is 40.9 Å². The molecule has 1 heterocycles. The molecule has 1 aromatic rings. The Bertz CT molecular complexity index is 554. The van der Waals surface area contributed by atoms with Crippen LogP contribution in [0.2, 0.25) is 0 Å². The first-order chi connectivity index (χ1) is 12.2. The van der Waals surface area contributed by atoms with Gasteiger partial charge < -0.3 is 15.5 Å². The van der Waals surface area contributed by atoms with Gasteiger partial charge in [0.2, 0.25) is 5.91 Å². The molecule has 0 aromatic heterocycles. The average Bonchev–Trinajstić information content (AvgIpc) is 2.90. The number of carbonyl (C=O) groups excluding carboxylic acids is 1. The van der Waals surface area contributed by atoms with Crippen LogP contribution in [0.15, 0.2) is 30.3 Å². The first-order valence-electron chi connectivity index (χ1n) is 9.34. The topological polar surface area (TPSA) is 93.6 Å². The molecule has 5 N–H and O–H groups in total. The normalized spacial score (nSPS) is 28.6. The fourth-order valence-electron chi connectivity index (χ4n) is 4.03. The van der Waals surface area contributed by atoms with Crippen molar-refractivity contribution >= 4 is 5.91 Å². The van der Waals surface area contributed by atoms with E-state index in [2.05, 4.69) is 16.2 Å². The summed E-state index contributed by atoms with van der Waals surface area (Å²) in [6, 6.07) is 8.93. The van der Waals surface area contributed by atoms with Crippen LogP contribution in [0, 0.1) is 5.92 Å². The first kappa shape index (κ1) is 18.3. The third-order valence-electron chi connectivity index (χ3n) is 5.46. The van der Waals surface area contributed by atoms with Gasteiger partial charge in [-0.05, 0) is 24.8 Å². The lowest BCUT2D eigenvalue weighted by Gasteiger charge is -2.24. The van der Waals surface area contributed by atoms with Crippen LogP contribution >= 0.6 is 0 Å². The van der Waals surface area contributed by atoms with Gasteiger partial charge in [-0.3, -0.25) is 10.2 Å². The summed E-state index contributed by atoms with van der Waals surface area (Å²) < 4.78 is 0. The molecule has 1 aromatic carbocycles. The zero-order valence-electron chi connectivity index (χ0n) is 14.5. The third kappa shape index (κ3) is 4.58. The highest BCUT2D eigenvalue weighted by atomic mass is 16.3. The van der Waals surface area contributed by atoms with E-state index in [4.69, 9.17) is 0 Å². The maximum atomic E-state index is 12.7. The summed E-state index contributed by atoms with van der Waals surface area (Å²) in [4.78, 5) is 12.7. The van der Waals surface area contributed by atoms with Crippen LogP contribution in [0.4, 0.5) is 0 Å². The van der Waals surface area contributed by atoms with Crippen LogP contribution < -0.4 is 16.2 Å². The lowest BCUT2D eigenvalue weighted by atomic mass is 9.89. The second-order valence-corrected chi connectivity index (χ2v) is 7.22. The maximum Gasteiger partial charge on any atom is 0.239 e. The lowest BCUT2D eigenvalue weighted by Crippen LogP contribution is -2.50. The van der Waals surface area contributed by atoms with Gasteiger partial charge in [0.25, 0.3) is 0 Å². The van der Waals surface area contributed by atoms with E-state index in [1.165, 1.54) is 12.8 Å². The molecule has 138 valence electrons. The first-order valence-corrected chi connectivity index (χ1v) is 9.34. The summed E-state index contributed by atoms with van der Waals surface area (Å²) in [5.41, 5.74) is 7.19. The van der Waals surface area contributed by atoms with Crippen LogP contribution in [0.3, 0.4) is 0 Å². The quantitative estimate of drug-likeness (QED) is 0.530. The molecule has 2 fully saturated rings. The molecule has 0 spiro atoms. The second kappa shape index (κ2) is 8.76. The van der Waals surface area contributed by atoms with E-state index in [1.54, 1.807) is 0 Å². The number of benzene rings is 1. The third-order valence-corrected chi connectivity index (χ3v) is 5.46. The van der Waals surface area contributed by atoms with Crippen molar-refractivity contribution in [3.63, 3.8) is 0 Å². The number of hydrogen-bond donors (Lipinski definition) is 5. The van der Waals surface area contributed by atoms with Crippen molar-refractivity contribution in [2.24, 2.45) is 5.92 Å². The van der Waals surface area contributed by atoms with Crippen molar-refractivity contribution in [1.29, 1.82) is 0 Å². The molecule has 3 rings (SSSR count). The van der Waals surface area contributed by atoms with Crippen LogP contribution in [0.5, 0.6) is 0 Å². The van der Waals surface area contributed by atoms with Crippen LogP contribution in [0.25, 0.3) is 0 Å². The predicted molar refractivity (Wildman–Crippen MR) is 95.5 cm³/mol. The van der Waals surface area contributed by atoms with Crippen LogP contribution in [0.1, 0.15) is 50.2 Å². The summed E-state index contributed by atoms with van der Waals surface area (Å²) in [5.74, 6) is 0.196. The number of hydrazine groups is 1. The van der Waals surface area contributed by atoms with Gasteiger partial charge in [-0.25, -0.2) is 5.43 Å². The molecule has 6 heteroatoms. The molecule has 6 nitrogen and oxygen atoms in total. The summed E-state index contributed by atoms with van der Waals surface area (Å²) in [5, 5.41) is 22.9. The zero-order valence-corrected chi connectivity index (χ0v) is 14.5. The molecule has 0 bridgehead atoms. The van der Waals surface area contributed by atoms with E-state index in [0.717, 1.165) is 24.8 Å². The minimum Gasteiger partial charge on any atom is -0.394 e. The van der Waals surface area contributed by atoms with Crippen molar-refractivity contribution in [2.45, 2.75) is 62.8 Å². The standard InChI is InChI=1S/C19H29N3O3/c23-12-14(11-17(24)13-7-3-1-4-8-13)20-19(25)18-15-9-5-2-6-10-16(15)21-22-18/h1,3-4,7-8,14-18,21-24H,2,5-6,9-12H2,(H,20,25). The van der Waals surface area contributed by atoms with Gasteiger partial charge in [0, 0.05) is 12.0 Å². The van der Waals surface area contributed by atoms with E-state index in [9.17, 15) is 15.0 Å². The monoisotopic (exact) mass is 347 g/mol. The van der Waals surface area contributed by atoms with E-state index < -0.39 is 12.1 Å². The van der Waals surface area contributed by atoms with Crippen molar-refractivity contribution in [3.8, 4) is 0 Å². The maximum absolute atomic E-state index is 12.7. The molecule has 1 aliphatic carbocycles. The summed E-state index contributed by atoms with van der Waals surface area (Å²) >= 11 is 0. The highest BCUT2D eigenvalue weighted by Crippen LogP contribution is 2.29. The van der Waals surface area contributed by atoms with Gasteiger partial charge in [0.15, 0.2) is 0 Å². The molecule has 5 atom stereocenters. The highest BCUT2D eigenvalue weighted by Gasteiger charge is 2.40. The minimum atomic E-state index is -0.709. The van der Waals surface area contributed by atoms with Gasteiger partial charge >= 0.3 is 0 Å². The molecule has 1 aliphatic heterocycles. The molecule has 5 unspecified atom stereocenters. The molecule has 1 saturated heterocycles. The van der Waals surface area contributed by atoms with E-state index in [1.807, 2.05) is 30.3 Å². The van der Waals surface area contributed by atoms with Gasteiger partial charge in [-0.2, -0.15) is 0 Å². The fourth-order valence-corrected chi connectivity index (χ4v) is 4.03. The molecule has 2 aliphatic rings. The van der Waals surface area contributed by atoms with Crippen molar-refractivity contribution in [3.05, 3.63) is 35.9 Å². The second-order valence-electron chi connectivity index (χ2n) is 7.22. The van der Waals surface area contributed by atoms with Crippen molar-refractivity contribution < 1.29 is 15.0 Å². The van der Waals surface area contributed by atoms with Crippen molar-refractivity contribution in [2.75, 3.05) is 6.61 Å². The zero-order chi connectivity index (χ0) is 17.6. The molecule has 1 saturated carbocycles. The number of carbonyl (C=O) groups is 1. The lowest BCUT2D eigenvalue weighted by molar-refractivity contribution is -0.125. The Morgan fingerprint density at radius 1 is 1.16 bits per heavy atom.